The van der Waals surface area contributed by atoms with Crippen LogP contribution in [-0.2, 0) is 48.7 Å². The van der Waals surface area contributed by atoms with Crippen molar-refractivity contribution in [1.29, 1.82) is 0 Å². The normalized spacial score (nSPS) is 12.0. The van der Waals surface area contributed by atoms with Gasteiger partial charge in [0.15, 0.2) is 0 Å². The summed E-state index contributed by atoms with van der Waals surface area (Å²) in [5.41, 5.74) is 31.6. The second-order valence-electron chi connectivity index (χ2n) is 25.3. The van der Waals surface area contributed by atoms with E-state index < -0.39 is 0 Å². The second-order valence-corrected chi connectivity index (χ2v) is 25.3. The van der Waals surface area contributed by atoms with Crippen molar-refractivity contribution in [3.63, 3.8) is 0 Å². The van der Waals surface area contributed by atoms with E-state index in [1.165, 1.54) is 61.5 Å². The summed E-state index contributed by atoms with van der Waals surface area (Å²) in [6.45, 7) is 6.54. The molecule has 0 unspecified atom stereocenters. The number of imidazole rings is 6. The van der Waals surface area contributed by atoms with Gasteiger partial charge in [-0.3, -0.25) is 13.2 Å². The largest absolute Gasteiger partial charge is 0.455 e. The average molecular weight is 1240 g/mol. The molecule has 0 saturated heterocycles. The fourth-order valence-electron chi connectivity index (χ4n) is 14.8. The molecule has 0 aliphatic heterocycles. The van der Waals surface area contributed by atoms with Crippen LogP contribution in [0.4, 0.5) is 0 Å². The maximum atomic E-state index is 6.39. The Hall–Kier alpha value is -12.0. The van der Waals surface area contributed by atoms with E-state index in [0.717, 1.165) is 124 Å². The number of pyridine rings is 3. The van der Waals surface area contributed by atoms with Crippen LogP contribution in [0.2, 0.25) is 0 Å². The zero-order chi connectivity index (χ0) is 64.5. The molecule has 95 heavy (non-hydrogen) atoms. The number of fused-ring (bicyclic) bond motifs is 15. The molecule has 19 rings (SSSR count). The number of hydrogen-bond acceptors (Lipinski definition) is 4. The zero-order valence-electron chi connectivity index (χ0n) is 54.6. The molecule has 1 aliphatic carbocycles. The molecule has 0 fully saturated rings. The van der Waals surface area contributed by atoms with Crippen LogP contribution in [0.15, 0.2) is 247 Å². The first-order valence-corrected chi connectivity index (χ1v) is 32.3. The highest BCUT2D eigenvalue weighted by atomic mass is 16.3. The molecule has 0 amide bonds. The van der Waals surface area contributed by atoms with Gasteiger partial charge in [-0.15, -0.1) is 0 Å². The second kappa shape index (κ2) is 22.1. The van der Waals surface area contributed by atoms with Crippen LogP contribution in [0, 0.1) is 20.8 Å². The summed E-state index contributed by atoms with van der Waals surface area (Å²) in [6, 6.07) is 79.0. The number of aromatic nitrogens is 12. The smallest absolute Gasteiger partial charge is 0.231 e. The zero-order valence-corrected chi connectivity index (χ0v) is 54.6. The van der Waals surface area contributed by atoms with E-state index in [0.29, 0.717) is 0 Å². The fraction of sp³-hybridized carbons (Fsp3) is 0.122. The Kier molecular flexibility index (Phi) is 13.3. The maximum Gasteiger partial charge on any atom is 0.231 e. The minimum Gasteiger partial charge on any atom is -0.455 e. The summed E-state index contributed by atoms with van der Waals surface area (Å²) < 4.78 is 26.3. The molecule has 0 radical (unpaired) electrons. The van der Waals surface area contributed by atoms with E-state index in [9.17, 15) is 0 Å². The van der Waals surface area contributed by atoms with Crippen molar-refractivity contribution in [3.8, 4) is 79.1 Å². The van der Waals surface area contributed by atoms with Crippen molar-refractivity contribution < 1.29 is 18.1 Å². The van der Waals surface area contributed by atoms with Gasteiger partial charge < -0.3 is 18.1 Å². The summed E-state index contributed by atoms with van der Waals surface area (Å²) in [5.74, 6) is 2.83. The van der Waals surface area contributed by atoms with E-state index in [1.54, 1.807) is 0 Å². The summed E-state index contributed by atoms with van der Waals surface area (Å²) >= 11 is 0. The lowest BCUT2D eigenvalue weighted by molar-refractivity contribution is -0.649. The summed E-state index contributed by atoms with van der Waals surface area (Å²) in [5, 5.41) is 2.29. The Labute approximate surface area is 548 Å². The molecule has 0 N–H and O–H groups in total. The van der Waals surface area contributed by atoms with E-state index >= 15 is 0 Å². The minimum atomic E-state index is 0.915. The lowest BCUT2D eigenvalue weighted by Gasteiger charge is -2.11. The number of hydrogen-bond donors (Lipinski definition) is 0. The first kappa shape index (κ1) is 57.0. The van der Waals surface area contributed by atoms with E-state index in [-0.39, 0.29) is 0 Å². The molecule has 13 heteroatoms. The van der Waals surface area contributed by atoms with Gasteiger partial charge in [-0.2, -0.15) is 13.7 Å². The highest BCUT2D eigenvalue weighted by molar-refractivity contribution is 6.09. The van der Waals surface area contributed by atoms with Crippen LogP contribution in [0.5, 0.6) is 0 Å². The topological polar surface area (TPSA) is 91.5 Å². The molecule has 0 atom stereocenters. The lowest BCUT2D eigenvalue weighted by Crippen LogP contribution is -2.34. The van der Waals surface area contributed by atoms with Gasteiger partial charge in [-0.25, -0.2) is 15.0 Å². The van der Waals surface area contributed by atoms with Crippen molar-refractivity contribution in [2.24, 2.45) is 42.3 Å². The number of benzene rings is 8. The van der Waals surface area contributed by atoms with Crippen molar-refractivity contribution >= 4 is 72.4 Å². The predicted molar refractivity (Wildman–Crippen MR) is 381 cm³/mol. The number of rotatable bonds is 6. The number of para-hydroxylation sites is 7. The van der Waals surface area contributed by atoms with Crippen LogP contribution in [0.25, 0.3) is 151 Å². The fourth-order valence-corrected chi connectivity index (χ4v) is 14.8. The predicted octanol–water partition coefficient (Wildman–Crippen LogP) is 16.3. The van der Waals surface area contributed by atoms with Gasteiger partial charge in [0.1, 0.15) is 49.4 Å². The van der Waals surface area contributed by atoms with Gasteiger partial charge in [0.05, 0.1) is 38.7 Å². The average Bonchev–Trinajstić information content (AvgIpc) is 1.65. The van der Waals surface area contributed by atoms with Crippen molar-refractivity contribution in [2.75, 3.05) is 0 Å². The molecule has 13 nitrogen and oxygen atoms in total. The number of aryl methyl sites for hydroxylation is 6. The highest BCUT2D eigenvalue weighted by Gasteiger charge is 2.29. The molecule has 18 aromatic rings. The molecule has 1 aliphatic rings. The third kappa shape index (κ3) is 9.05. The lowest BCUT2D eigenvalue weighted by atomic mass is 9.96. The molecule has 10 aromatic heterocycles. The summed E-state index contributed by atoms with van der Waals surface area (Å²) in [6.07, 6.45) is 7.59. The van der Waals surface area contributed by atoms with Crippen LogP contribution in [-0.4, -0.2) is 41.9 Å². The quantitative estimate of drug-likeness (QED) is 0.155. The highest BCUT2D eigenvalue weighted by Crippen LogP contribution is 2.41. The molecule has 8 aromatic carbocycles. The van der Waals surface area contributed by atoms with Gasteiger partial charge >= 0.3 is 0 Å². The summed E-state index contributed by atoms with van der Waals surface area (Å²) in [7, 11) is 12.7. The molecule has 0 saturated carbocycles. The van der Waals surface area contributed by atoms with Crippen molar-refractivity contribution in [1.82, 2.24) is 41.9 Å². The molecular formula is C82H69N12O+3. The van der Waals surface area contributed by atoms with Crippen molar-refractivity contribution in [3.05, 3.63) is 271 Å². The number of furan rings is 1. The number of nitrogens with zero attached hydrogens (tertiary/aromatic N) is 12. The first-order chi connectivity index (χ1) is 46.4. The van der Waals surface area contributed by atoms with Gasteiger partial charge in [-0.05, 0) is 139 Å². The van der Waals surface area contributed by atoms with E-state index in [4.69, 9.17) is 19.4 Å². The Morgan fingerprint density at radius 1 is 0.347 bits per heavy atom. The van der Waals surface area contributed by atoms with Gasteiger partial charge in [-0.1, -0.05) is 115 Å². The van der Waals surface area contributed by atoms with E-state index in [1.807, 2.05) is 30.3 Å². The van der Waals surface area contributed by atoms with Gasteiger partial charge in [0.2, 0.25) is 51.5 Å². The Morgan fingerprint density at radius 2 is 0.789 bits per heavy atom. The third-order valence-electron chi connectivity index (χ3n) is 19.8. The first-order valence-electron chi connectivity index (χ1n) is 32.3. The molecule has 460 valence electrons. The molecule has 0 bridgehead atoms. The molecular weight excluding hydrogens is 1170 g/mol. The van der Waals surface area contributed by atoms with Gasteiger partial charge in [0.25, 0.3) is 0 Å². The summed E-state index contributed by atoms with van der Waals surface area (Å²) in [4.78, 5) is 14.5. The van der Waals surface area contributed by atoms with E-state index in [2.05, 4.69) is 316 Å². The van der Waals surface area contributed by atoms with Crippen molar-refractivity contribution in [2.45, 2.75) is 27.2 Å². The molecule has 10 heterocycles. The van der Waals surface area contributed by atoms with Crippen LogP contribution in [0.1, 0.15) is 27.8 Å². The Morgan fingerprint density at radius 3 is 1.34 bits per heavy atom. The standard InChI is InChI=1S/C30H25N4.C29H23N4O.C23H21N4/c1-19-15-21-16-20-9-4-5-10-22(20)24(21)17-23(19)26-13-8-14-28(32(26)2)29-18-34-27-12-7-6-11-25(27)31-30(34)33(29)3;1-18-15-16-20-19-9-4-7-14-26(19)34-28(20)27(18)24-13-8-12-23(31(24)2)25-17-33-22-11-6-5-10-21(22)30-29(33)32(25)3;1-16-9-4-5-10-17(16)19-13-8-14-21(25(19)2)22-15-27-20-12-7-6-11-18(20)24-23(27)26(22)3/h4-15,17-18H,16H2,1-3H3;4-17H,1-3H3;4-15H,1-3H3/q3*+1. The third-order valence-corrected chi connectivity index (χ3v) is 19.8. The molecule has 0 spiro atoms. The minimum absolute atomic E-state index is 0.915. The van der Waals surface area contributed by atoms with Gasteiger partial charge in [0, 0.05) is 98.0 Å². The Balaban J connectivity index is 0.000000109. The monoisotopic (exact) mass is 1240 g/mol. The van der Waals surface area contributed by atoms with Crippen LogP contribution >= 0.6 is 0 Å². The Bertz CT molecular complexity index is 6150. The maximum absolute atomic E-state index is 6.39. The van der Waals surface area contributed by atoms with Crippen LogP contribution in [0.3, 0.4) is 0 Å². The van der Waals surface area contributed by atoms with Crippen LogP contribution < -0.4 is 13.7 Å². The SMILES string of the molecule is Cc1cc2c(cc1-c1cccc(-c3cn4c5ccccc5nc4n3C)[n+]1C)-c1ccccc1C2.Cc1ccc2c(oc3ccccc32)c1-c1cccc(-c2cn3c4ccccc4nc3n2C)[n+]1C.Cc1ccccc1-c1cccc(-c2cn3c4ccccc4nc3n2C)[n+]1C.